The SMILES string of the molecule is CC(=O)c1c(C)[nH]c(C(=O)COC(=O)c2cc(Br)ccc2N)c1C. The number of nitrogens with one attached hydrogen (secondary N) is 1. The minimum Gasteiger partial charge on any atom is -0.454 e. The lowest BCUT2D eigenvalue weighted by molar-refractivity contribution is 0.0474. The molecule has 0 spiro atoms. The number of esters is 1. The van der Waals surface area contributed by atoms with Crippen molar-refractivity contribution in [2.45, 2.75) is 20.8 Å². The van der Waals surface area contributed by atoms with E-state index in [1.54, 1.807) is 26.0 Å². The third kappa shape index (κ3) is 3.56. The molecule has 3 N–H and O–H groups in total. The topological polar surface area (TPSA) is 102 Å². The van der Waals surface area contributed by atoms with E-state index in [-0.39, 0.29) is 22.7 Å². The van der Waals surface area contributed by atoms with Crippen LogP contribution in [0.15, 0.2) is 22.7 Å². The Kier molecular flexibility index (Phi) is 5.23. The molecule has 0 amide bonds. The van der Waals surface area contributed by atoms with Gasteiger partial charge in [-0.05, 0) is 44.5 Å². The molecule has 126 valence electrons. The maximum absolute atomic E-state index is 12.3. The summed E-state index contributed by atoms with van der Waals surface area (Å²) in [6.45, 7) is 4.40. The number of carbonyl (C=O) groups excluding carboxylic acids is 3. The Morgan fingerprint density at radius 3 is 2.50 bits per heavy atom. The lowest BCUT2D eigenvalue weighted by atomic mass is 10.1. The van der Waals surface area contributed by atoms with Crippen molar-refractivity contribution >= 4 is 39.2 Å². The Labute approximate surface area is 147 Å². The number of nitrogens with two attached hydrogens (primary N) is 1. The van der Waals surface area contributed by atoms with Crippen LogP contribution in [0.5, 0.6) is 0 Å². The van der Waals surface area contributed by atoms with Gasteiger partial charge in [0.05, 0.1) is 11.3 Å². The van der Waals surface area contributed by atoms with Crippen molar-refractivity contribution in [1.29, 1.82) is 0 Å². The molecule has 0 aliphatic carbocycles. The summed E-state index contributed by atoms with van der Waals surface area (Å²) in [7, 11) is 0. The third-order valence-corrected chi connectivity index (χ3v) is 4.13. The molecule has 0 saturated heterocycles. The number of nitrogen functional groups attached to an aromatic ring is 1. The normalized spacial score (nSPS) is 10.5. The molecule has 0 radical (unpaired) electrons. The molecule has 2 rings (SSSR count). The summed E-state index contributed by atoms with van der Waals surface area (Å²) in [5.41, 5.74) is 8.12. The quantitative estimate of drug-likeness (QED) is 0.461. The molecule has 7 heteroatoms. The lowest BCUT2D eigenvalue weighted by Crippen LogP contribution is -2.16. The van der Waals surface area contributed by atoms with Crippen LogP contribution < -0.4 is 5.73 Å². The van der Waals surface area contributed by atoms with Crippen molar-refractivity contribution in [1.82, 2.24) is 4.98 Å². The zero-order chi connectivity index (χ0) is 18.0. The number of halogens is 1. The molecule has 24 heavy (non-hydrogen) atoms. The summed E-state index contributed by atoms with van der Waals surface area (Å²) in [4.78, 5) is 38.9. The van der Waals surface area contributed by atoms with E-state index in [1.807, 2.05) is 0 Å². The van der Waals surface area contributed by atoms with Gasteiger partial charge in [-0.15, -0.1) is 0 Å². The molecule has 6 nitrogen and oxygen atoms in total. The molecule has 0 bridgehead atoms. The van der Waals surface area contributed by atoms with Crippen LogP contribution in [0, 0.1) is 13.8 Å². The van der Waals surface area contributed by atoms with E-state index in [0.717, 1.165) is 0 Å². The van der Waals surface area contributed by atoms with Crippen LogP contribution >= 0.6 is 15.9 Å². The van der Waals surface area contributed by atoms with E-state index in [9.17, 15) is 14.4 Å². The maximum Gasteiger partial charge on any atom is 0.340 e. The van der Waals surface area contributed by atoms with Gasteiger partial charge in [0.15, 0.2) is 12.4 Å². The predicted octanol–water partition coefficient (Wildman–Crippen LogP) is 3.22. The average Bonchev–Trinajstić information content (AvgIpc) is 2.81. The molecule has 0 aliphatic rings. The molecule has 0 unspecified atom stereocenters. The second-order valence-electron chi connectivity index (χ2n) is 5.41. The number of Topliss-reactive ketones (excluding diaryl/α,β-unsaturated/α-hetero) is 2. The number of hydrogen-bond acceptors (Lipinski definition) is 5. The van der Waals surface area contributed by atoms with Crippen LogP contribution in [0.2, 0.25) is 0 Å². The highest BCUT2D eigenvalue weighted by Gasteiger charge is 2.21. The number of carbonyl (C=O) groups is 3. The molecule has 1 aromatic carbocycles. The van der Waals surface area contributed by atoms with Gasteiger partial charge in [0, 0.05) is 21.4 Å². The highest BCUT2D eigenvalue weighted by atomic mass is 79.9. The molecule has 1 aromatic heterocycles. The summed E-state index contributed by atoms with van der Waals surface area (Å²) in [5.74, 6) is -1.22. The third-order valence-electron chi connectivity index (χ3n) is 3.64. The maximum atomic E-state index is 12.3. The van der Waals surface area contributed by atoms with Crippen LogP contribution in [0.1, 0.15) is 49.4 Å². The Morgan fingerprint density at radius 1 is 1.25 bits per heavy atom. The molecule has 0 fully saturated rings. The number of aromatic nitrogens is 1. The van der Waals surface area contributed by atoms with Crippen molar-refractivity contribution in [3.63, 3.8) is 0 Å². The van der Waals surface area contributed by atoms with Crippen molar-refractivity contribution in [2.75, 3.05) is 12.3 Å². The summed E-state index contributed by atoms with van der Waals surface area (Å²) in [5, 5.41) is 0. The van der Waals surface area contributed by atoms with Gasteiger partial charge in [-0.1, -0.05) is 15.9 Å². The average molecular weight is 393 g/mol. The first-order valence-electron chi connectivity index (χ1n) is 7.17. The lowest BCUT2D eigenvalue weighted by Gasteiger charge is -2.07. The van der Waals surface area contributed by atoms with Gasteiger partial charge in [-0.2, -0.15) is 0 Å². The smallest absolute Gasteiger partial charge is 0.340 e. The van der Waals surface area contributed by atoms with Gasteiger partial charge in [-0.25, -0.2) is 4.79 Å². The Morgan fingerprint density at radius 2 is 1.92 bits per heavy atom. The zero-order valence-electron chi connectivity index (χ0n) is 13.5. The fourth-order valence-corrected chi connectivity index (χ4v) is 2.90. The van der Waals surface area contributed by atoms with E-state index in [1.165, 1.54) is 13.0 Å². The Balaban J connectivity index is 2.14. The molecule has 0 aliphatic heterocycles. The number of hydrogen-bond donors (Lipinski definition) is 2. The second kappa shape index (κ2) is 7.00. The summed E-state index contributed by atoms with van der Waals surface area (Å²) in [6.07, 6.45) is 0. The van der Waals surface area contributed by atoms with Crippen LogP contribution in [0.4, 0.5) is 5.69 Å². The highest BCUT2D eigenvalue weighted by molar-refractivity contribution is 9.10. The van der Waals surface area contributed by atoms with Crippen molar-refractivity contribution in [2.24, 2.45) is 0 Å². The molecule has 2 aromatic rings. The molecule has 0 saturated carbocycles. The first-order chi connectivity index (χ1) is 11.2. The minimum absolute atomic E-state index is 0.126. The monoisotopic (exact) mass is 392 g/mol. The number of anilines is 1. The van der Waals surface area contributed by atoms with Gasteiger partial charge in [0.25, 0.3) is 0 Å². The Hall–Kier alpha value is -2.41. The minimum atomic E-state index is -0.685. The number of aromatic amines is 1. The number of ether oxygens (including phenoxy) is 1. The molecular weight excluding hydrogens is 376 g/mol. The predicted molar refractivity (Wildman–Crippen MR) is 93.4 cm³/mol. The fraction of sp³-hybridized carbons (Fsp3) is 0.235. The van der Waals surface area contributed by atoms with Crippen LogP contribution in [-0.4, -0.2) is 29.1 Å². The van der Waals surface area contributed by atoms with Gasteiger partial charge in [-0.3, -0.25) is 9.59 Å². The van der Waals surface area contributed by atoms with E-state index in [4.69, 9.17) is 10.5 Å². The van der Waals surface area contributed by atoms with Crippen LogP contribution in [0.3, 0.4) is 0 Å². The van der Waals surface area contributed by atoms with Crippen molar-refractivity contribution in [3.05, 3.63) is 50.8 Å². The van der Waals surface area contributed by atoms with Crippen molar-refractivity contribution < 1.29 is 19.1 Å². The first-order valence-corrected chi connectivity index (χ1v) is 7.97. The van der Waals surface area contributed by atoms with Gasteiger partial charge < -0.3 is 15.5 Å². The Bertz CT molecular complexity index is 839. The summed E-state index contributed by atoms with van der Waals surface area (Å²) in [6, 6.07) is 4.80. The van der Waals surface area contributed by atoms with Crippen molar-refractivity contribution in [3.8, 4) is 0 Å². The van der Waals surface area contributed by atoms with Crippen LogP contribution in [0.25, 0.3) is 0 Å². The number of ketones is 2. The van der Waals surface area contributed by atoms with Gasteiger partial charge >= 0.3 is 5.97 Å². The molecular formula is C17H17BrN2O4. The standard InChI is InChI=1S/C17H17BrN2O4/c1-8-15(10(3)21)9(2)20-16(8)14(22)7-24-17(23)12-6-11(18)4-5-13(12)19/h4-6,20H,7,19H2,1-3H3. The number of aryl methyl sites for hydroxylation is 1. The van der Waals surface area contributed by atoms with E-state index in [0.29, 0.717) is 21.3 Å². The van der Waals surface area contributed by atoms with Crippen LogP contribution in [-0.2, 0) is 4.74 Å². The molecule has 0 atom stereocenters. The zero-order valence-corrected chi connectivity index (χ0v) is 15.1. The first kappa shape index (κ1) is 17.9. The summed E-state index contributed by atoms with van der Waals surface area (Å²) >= 11 is 3.25. The number of H-pyrrole nitrogens is 1. The number of benzene rings is 1. The van der Waals surface area contributed by atoms with E-state index >= 15 is 0 Å². The second-order valence-corrected chi connectivity index (χ2v) is 6.33. The van der Waals surface area contributed by atoms with Gasteiger partial charge in [0.1, 0.15) is 0 Å². The van der Waals surface area contributed by atoms with E-state index < -0.39 is 18.4 Å². The van der Waals surface area contributed by atoms with E-state index in [2.05, 4.69) is 20.9 Å². The fourth-order valence-electron chi connectivity index (χ4n) is 2.54. The summed E-state index contributed by atoms with van der Waals surface area (Å²) < 4.78 is 5.73. The van der Waals surface area contributed by atoms with Gasteiger partial charge in [0.2, 0.25) is 5.78 Å². The number of rotatable bonds is 5. The largest absolute Gasteiger partial charge is 0.454 e. The highest BCUT2D eigenvalue weighted by Crippen LogP contribution is 2.21. The molecule has 1 heterocycles.